The van der Waals surface area contributed by atoms with Gasteiger partial charge in [-0.1, -0.05) is 0 Å². The standard InChI is InChI=1S/C13H12O2/c14-8-9-5-6-13-11(7-9)10-3-1-2-4-12(10)15-13/h5-8H,1-4H2. The summed E-state index contributed by atoms with van der Waals surface area (Å²) in [5, 5.41) is 1.13. The van der Waals surface area contributed by atoms with Crippen molar-refractivity contribution in [1.82, 2.24) is 0 Å². The minimum atomic E-state index is 0.733. The molecule has 1 aromatic carbocycles. The zero-order chi connectivity index (χ0) is 10.3. The molecule has 0 unspecified atom stereocenters. The molecule has 0 spiro atoms. The number of hydrogen-bond donors (Lipinski definition) is 0. The van der Waals surface area contributed by atoms with E-state index in [1.807, 2.05) is 18.2 Å². The fourth-order valence-electron chi connectivity index (χ4n) is 2.35. The molecule has 3 rings (SSSR count). The molecule has 0 fully saturated rings. The quantitative estimate of drug-likeness (QED) is 0.662. The van der Waals surface area contributed by atoms with Crippen LogP contribution in [0.15, 0.2) is 22.6 Å². The molecule has 0 N–H and O–H groups in total. The van der Waals surface area contributed by atoms with Gasteiger partial charge in [-0.05, 0) is 37.5 Å². The first-order valence-electron chi connectivity index (χ1n) is 5.38. The molecular weight excluding hydrogens is 188 g/mol. The van der Waals surface area contributed by atoms with Crippen LogP contribution >= 0.6 is 0 Å². The Morgan fingerprint density at radius 1 is 1.20 bits per heavy atom. The number of benzene rings is 1. The monoisotopic (exact) mass is 200 g/mol. The summed E-state index contributed by atoms with van der Waals surface area (Å²) in [7, 11) is 0. The maximum atomic E-state index is 10.7. The highest BCUT2D eigenvalue weighted by molar-refractivity contribution is 5.89. The zero-order valence-electron chi connectivity index (χ0n) is 8.45. The van der Waals surface area contributed by atoms with Gasteiger partial charge >= 0.3 is 0 Å². The van der Waals surface area contributed by atoms with Crippen molar-refractivity contribution in [2.75, 3.05) is 0 Å². The molecule has 76 valence electrons. The van der Waals surface area contributed by atoms with E-state index in [-0.39, 0.29) is 0 Å². The number of fused-ring (bicyclic) bond motifs is 3. The lowest BCUT2D eigenvalue weighted by molar-refractivity contribution is 0.112. The van der Waals surface area contributed by atoms with E-state index in [1.165, 1.54) is 18.4 Å². The number of carbonyl (C=O) groups excluding carboxylic acids is 1. The van der Waals surface area contributed by atoms with Gasteiger partial charge in [-0.2, -0.15) is 0 Å². The van der Waals surface area contributed by atoms with Gasteiger partial charge in [0, 0.05) is 22.9 Å². The highest BCUT2D eigenvalue weighted by Crippen LogP contribution is 2.32. The summed E-state index contributed by atoms with van der Waals surface area (Å²) >= 11 is 0. The number of carbonyl (C=O) groups is 1. The van der Waals surface area contributed by atoms with Gasteiger partial charge in [-0.25, -0.2) is 0 Å². The Balaban J connectivity index is 2.29. The average Bonchev–Trinajstić information content (AvgIpc) is 2.66. The second-order valence-electron chi connectivity index (χ2n) is 4.08. The second-order valence-corrected chi connectivity index (χ2v) is 4.08. The van der Waals surface area contributed by atoms with Crippen molar-refractivity contribution in [3.05, 3.63) is 35.1 Å². The van der Waals surface area contributed by atoms with Gasteiger partial charge in [0.05, 0.1) is 0 Å². The Labute approximate surface area is 87.9 Å². The van der Waals surface area contributed by atoms with E-state index in [2.05, 4.69) is 0 Å². The van der Waals surface area contributed by atoms with Crippen molar-refractivity contribution in [3.8, 4) is 0 Å². The molecule has 2 heteroatoms. The summed E-state index contributed by atoms with van der Waals surface area (Å²) in [5.41, 5.74) is 2.98. The van der Waals surface area contributed by atoms with Gasteiger partial charge in [0.15, 0.2) is 0 Å². The van der Waals surface area contributed by atoms with Crippen LogP contribution in [0.4, 0.5) is 0 Å². The van der Waals surface area contributed by atoms with E-state index >= 15 is 0 Å². The molecule has 2 nitrogen and oxygen atoms in total. The first-order chi connectivity index (χ1) is 7.38. The first kappa shape index (κ1) is 8.72. The maximum Gasteiger partial charge on any atom is 0.150 e. The van der Waals surface area contributed by atoms with Gasteiger partial charge in [-0.3, -0.25) is 4.79 Å². The van der Waals surface area contributed by atoms with E-state index in [0.717, 1.165) is 41.4 Å². The van der Waals surface area contributed by atoms with Crippen molar-refractivity contribution in [2.45, 2.75) is 25.7 Å². The van der Waals surface area contributed by atoms with Gasteiger partial charge in [0.2, 0.25) is 0 Å². The molecule has 2 aromatic rings. The van der Waals surface area contributed by atoms with Crippen LogP contribution in [0.25, 0.3) is 11.0 Å². The molecule has 0 atom stereocenters. The van der Waals surface area contributed by atoms with Gasteiger partial charge < -0.3 is 4.42 Å². The summed E-state index contributed by atoms with van der Waals surface area (Å²) in [6.45, 7) is 0. The molecule has 0 aliphatic heterocycles. The number of furan rings is 1. The predicted octanol–water partition coefficient (Wildman–Crippen LogP) is 3.12. The molecule has 0 bridgehead atoms. The summed E-state index contributed by atoms with van der Waals surface area (Å²) in [6, 6.07) is 5.65. The number of aldehydes is 1. The second kappa shape index (κ2) is 3.23. The summed E-state index contributed by atoms with van der Waals surface area (Å²) in [5.74, 6) is 1.12. The van der Waals surface area contributed by atoms with Gasteiger partial charge in [-0.15, -0.1) is 0 Å². The fourth-order valence-corrected chi connectivity index (χ4v) is 2.35. The lowest BCUT2D eigenvalue weighted by atomic mass is 9.95. The predicted molar refractivity (Wildman–Crippen MR) is 58.2 cm³/mol. The minimum absolute atomic E-state index is 0.733. The Bertz CT molecular complexity index is 523. The first-order valence-corrected chi connectivity index (χ1v) is 5.38. The van der Waals surface area contributed by atoms with E-state index in [9.17, 15) is 4.79 Å². The number of rotatable bonds is 1. The van der Waals surface area contributed by atoms with E-state index in [0.29, 0.717) is 0 Å². The molecule has 0 saturated carbocycles. The third kappa shape index (κ3) is 1.29. The largest absolute Gasteiger partial charge is 0.461 e. The molecule has 1 aromatic heterocycles. The molecule has 1 aliphatic rings. The topological polar surface area (TPSA) is 30.2 Å². The van der Waals surface area contributed by atoms with E-state index in [4.69, 9.17) is 4.42 Å². The molecular formula is C13H12O2. The Hall–Kier alpha value is -1.57. The summed E-state index contributed by atoms with van der Waals surface area (Å²) in [4.78, 5) is 10.7. The van der Waals surface area contributed by atoms with Crippen LogP contribution in [0.5, 0.6) is 0 Å². The molecule has 0 saturated heterocycles. The highest BCUT2D eigenvalue weighted by atomic mass is 16.3. The van der Waals surface area contributed by atoms with Crippen LogP contribution in [0.1, 0.15) is 34.5 Å². The molecule has 0 radical (unpaired) electrons. The third-order valence-corrected chi connectivity index (χ3v) is 3.12. The minimum Gasteiger partial charge on any atom is -0.461 e. The van der Waals surface area contributed by atoms with Crippen molar-refractivity contribution in [3.63, 3.8) is 0 Å². The van der Waals surface area contributed by atoms with Crippen LogP contribution in [-0.2, 0) is 12.8 Å². The third-order valence-electron chi connectivity index (χ3n) is 3.12. The fraction of sp³-hybridized carbons (Fsp3) is 0.308. The summed E-state index contributed by atoms with van der Waals surface area (Å²) in [6.07, 6.45) is 5.47. The van der Waals surface area contributed by atoms with Gasteiger partial charge in [0.25, 0.3) is 0 Å². The molecule has 1 aliphatic carbocycles. The zero-order valence-corrected chi connectivity index (χ0v) is 8.45. The SMILES string of the molecule is O=Cc1ccc2oc3c(c2c1)CCCC3. The highest BCUT2D eigenvalue weighted by Gasteiger charge is 2.17. The molecule has 1 heterocycles. The molecule has 0 amide bonds. The van der Waals surface area contributed by atoms with Crippen LogP contribution in [0.3, 0.4) is 0 Å². The van der Waals surface area contributed by atoms with E-state index in [1.54, 1.807) is 0 Å². The van der Waals surface area contributed by atoms with Crippen molar-refractivity contribution in [2.24, 2.45) is 0 Å². The Kier molecular flexibility index (Phi) is 1.88. The van der Waals surface area contributed by atoms with Crippen molar-refractivity contribution < 1.29 is 9.21 Å². The average molecular weight is 200 g/mol. The normalized spacial score (nSPS) is 15.2. The Morgan fingerprint density at radius 3 is 2.93 bits per heavy atom. The number of aryl methyl sites for hydroxylation is 2. The van der Waals surface area contributed by atoms with Crippen LogP contribution < -0.4 is 0 Å². The lowest BCUT2D eigenvalue weighted by Gasteiger charge is -2.08. The van der Waals surface area contributed by atoms with Crippen molar-refractivity contribution >= 4 is 17.3 Å². The lowest BCUT2D eigenvalue weighted by Crippen LogP contribution is -1.98. The number of hydrogen-bond acceptors (Lipinski definition) is 2. The molecule has 15 heavy (non-hydrogen) atoms. The smallest absolute Gasteiger partial charge is 0.150 e. The van der Waals surface area contributed by atoms with Crippen molar-refractivity contribution in [1.29, 1.82) is 0 Å². The van der Waals surface area contributed by atoms with Crippen LogP contribution in [-0.4, -0.2) is 6.29 Å². The summed E-state index contributed by atoms with van der Waals surface area (Å²) < 4.78 is 5.77. The maximum absolute atomic E-state index is 10.7. The van der Waals surface area contributed by atoms with Crippen LogP contribution in [0, 0.1) is 0 Å². The Morgan fingerprint density at radius 2 is 2.07 bits per heavy atom. The van der Waals surface area contributed by atoms with E-state index < -0.39 is 0 Å². The van der Waals surface area contributed by atoms with Crippen LogP contribution in [0.2, 0.25) is 0 Å². The van der Waals surface area contributed by atoms with Gasteiger partial charge in [0.1, 0.15) is 17.6 Å².